The van der Waals surface area contributed by atoms with Crippen molar-refractivity contribution in [2.45, 2.75) is 38.6 Å². The molecular formula is C19H23NO. The minimum absolute atomic E-state index is 0.0411. The van der Waals surface area contributed by atoms with E-state index in [4.69, 9.17) is 10.5 Å². The molecule has 2 aromatic carbocycles. The number of aryl methyl sites for hydroxylation is 3. The molecule has 1 aliphatic heterocycles. The van der Waals surface area contributed by atoms with Crippen molar-refractivity contribution in [1.82, 2.24) is 0 Å². The Labute approximate surface area is 126 Å². The lowest BCUT2D eigenvalue weighted by atomic mass is 9.94. The third kappa shape index (κ3) is 3.27. The van der Waals surface area contributed by atoms with Gasteiger partial charge in [-0.1, -0.05) is 48.0 Å². The summed E-state index contributed by atoms with van der Waals surface area (Å²) in [6, 6.07) is 15.1. The van der Waals surface area contributed by atoms with Crippen LogP contribution in [-0.2, 0) is 12.8 Å². The predicted octanol–water partition coefficient (Wildman–Crippen LogP) is 3.95. The fraction of sp³-hybridized carbons (Fsp3) is 0.368. The lowest BCUT2D eigenvalue weighted by molar-refractivity contribution is 0.283. The van der Waals surface area contributed by atoms with Crippen molar-refractivity contribution in [2.75, 3.05) is 6.61 Å². The van der Waals surface area contributed by atoms with Gasteiger partial charge in [-0.15, -0.1) is 0 Å². The number of hydrogen-bond donors (Lipinski definition) is 1. The van der Waals surface area contributed by atoms with Gasteiger partial charge in [0.15, 0.2) is 0 Å². The molecule has 1 atom stereocenters. The zero-order valence-electron chi connectivity index (χ0n) is 12.6. The zero-order valence-corrected chi connectivity index (χ0v) is 12.6. The lowest BCUT2D eigenvalue weighted by Gasteiger charge is -2.23. The van der Waals surface area contributed by atoms with E-state index in [2.05, 4.69) is 49.4 Å². The van der Waals surface area contributed by atoms with Crippen LogP contribution in [0.3, 0.4) is 0 Å². The van der Waals surface area contributed by atoms with E-state index < -0.39 is 0 Å². The van der Waals surface area contributed by atoms with Crippen molar-refractivity contribution in [3.63, 3.8) is 0 Å². The van der Waals surface area contributed by atoms with Crippen LogP contribution in [0.15, 0.2) is 42.5 Å². The summed E-state index contributed by atoms with van der Waals surface area (Å²) in [6.45, 7) is 2.93. The van der Waals surface area contributed by atoms with Crippen LogP contribution in [0.25, 0.3) is 0 Å². The highest BCUT2D eigenvalue weighted by Crippen LogP contribution is 2.33. The standard InChI is InChI=1S/C19H23NO/c1-14-7-9-15(10-8-14)11-12-18(20)17-6-2-4-16-5-3-13-21-19(16)17/h2,4,6-10,18H,3,5,11-13,20H2,1H3. The maximum absolute atomic E-state index is 6.42. The van der Waals surface area contributed by atoms with E-state index in [1.54, 1.807) is 0 Å². The van der Waals surface area contributed by atoms with Crippen molar-refractivity contribution in [3.05, 3.63) is 64.7 Å². The molecule has 21 heavy (non-hydrogen) atoms. The highest BCUT2D eigenvalue weighted by Gasteiger charge is 2.18. The first-order valence-corrected chi connectivity index (χ1v) is 7.80. The molecule has 2 aromatic rings. The van der Waals surface area contributed by atoms with Gasteiger partial charge in [0.2, 0.25) is 0 Å². The van der Waals surface area contributed by atoms with Crippen LogP contribution in [0.2, 0.25) is 0 Å². The molecule has 0 saturated heterocycles. The van der Waals surface area contributed by atoms with Crippen LogP contribution in [0.1, 0.15) is 41.1 Å². The average Bonchev–Trinajstić information content (AvgIpc) is 2.53. The van der Waals surface area contributed by atoms with Gasteiger partial charge in [0.05, 0.1) is 6.61 Å². The van der Waals surface area contributed by atoms with E-state index in [9.17, 15) is 0 Å². The van der Waals surface area contributed by atoms with E-state index >= 15 is 0 Å². The molecule has 0 bridgehead atoms. The molecule has 110 valence electrons. The molecule has 2 heteroatoms. The average molecular weight is 281 g/mol. The van der Waals surface area contributed by atoms with Gasteiger partial charge in [-0.25, -0.2) is 0 Å². The summed E-state index contributed by atoms with van der Waals surface area (Å²) in [7, 11) is 0. The molecule has 1 unspecified atom stereocenters. The molecule has 0 aliphatic carbocycles. The Hall–Kier alpha value is -1.80. The van der Waals surface area contributed by atoms with Crippen LogP contribution in [-0.4, -0.2) is 6.61 Å². The van der Waals surface area contributed by atoms with Gasteiger partial charge < -0.3 is 10.5 Å². The van der Waals surface area contributed by atoms with Gasteiger partial charge in [-0.05, 0) is 43.7 Å². The van der Waals surface area contributed by atoms with Crippen molar-refractivity contribution >= 4 is 0 Å². The first kappa shape index (κ1) is 14.2. The second kappa shape index (κ2) is 6.31. The summed E-state index contributed by atoms with van der Waals surface area (Å²) in [5.74, 6) is 1.04. The first-order valence-electron chi connectivity index (χ1n) is 7.80. The number of ether oxygens (including phenoxy) is 1. The normalized spacial score (nSPS) is 15.1. The topological polar surface area (TPSA) is 35.2 Å². The van der Waals surface area contributed by atoms with Crippen molar-refractivity contribution < 1.29 is 4.74 Å². The SMILES string of the molecule is Cc1ccc(CCC(N)c2cccc3c2OCCC3)cc1. The molecule has 2 nitrogen and oxygen atoms in total. The maximum atomic E-state index is 6.42. The van der Waals surface area contributed by atoms with E-state index in [1.807, 2.05) is 0 Å². The Balaban J connectivity index is 1.70. The zero-order chi connectivity index (χ0) is 14.7. The van der Waals surface area contributed by atoms with Crippen molar-refractivity contribution in [1.29, 1.82) is 0 Å². The highest BCUT2D eigenvalue weighted by atomic mass is 16.5. The van der Waals surface area contributed by atoms with Crippen LogP contribution in [0.4, 0.5) is 0 Å². The van der Waals surface area contributed by atoms with Gasteiger partial charge in [0, 0.05) is 11.6 Å². The lowest BCUT2D eigenvalue weighted by Crippen LogP contribution is -2.17. The Kier molecular flexibility index (Phi) is 4.26. The van der Waals surface area contributed by atoms with Gasteiger partial charge in [0.25, 0.3) is 0 Å². The fourth-order valence-corrected chi connectivity index (χ4v) is 2.94. The van der Waals surface area contributed by atoms with E-state index in [0.717, 1.165) is 38.0 Å². The molecule has 0 amide bonds. The Morgan fingerprint density at radius 2 is 1.95 bits per heavy atom. The van der Waals surface area contributed by atoms with Crippen LogP contribution in [0, 0.1) is 6.92 Å². The third-order valence-electron chi connectivity index (χ3n) is 4.23. The quantitative estimate of drug-likeness (QED) is 0.921. The molecule has 3 rings (SSSR count). The molecule has 1 aliphatic rings. The number of fused-ring (bicyclic) bond motifs is 1. The van der Waals surface area contributed by atoms with Gasteiger partial charge in [-0.2, -0.15) is 0 Å². The summed E-state index contributed by atoms with van der Waals surface area (Å²) in [4.78, 5) is 0. The molecule has 0 radical (unpaired) electrons. The molecular weight excluding hydrogens is 258 g/mol. The van der Waals surface area contributed by atoms with E-state index in [1.165, 1.54) is 22.3 Å². The summed E-state index contributed by atoms with van der Waals surface area (Å²) in [5, 5.41) is 0. The van der Waals surface area contributed by atoms with Crippen LogP contribution < -0.4 is 10.5 Å². The summed E-state index contributed by atoms with van der Waals surface area (Å²) in [5.41, 5.74) is 11.5. The van der Waals surface area contributed by atoms with Crippen LogP contribution >= 0.6 is 0 Å². The monoisotopic (exact) mass is 281 g/mol. The minimum atomic E-state index is 0.0411. The van der Waals surface area contributed by atoms with Gasteiger partial charge >= 0.3 is 0 Å². The Bertz CT molecular complexity index is 603. The molecule has 0 saturated carbocycles. The largest absolute Gasteiger partial charge is 0.493 e. The van der Waals surface area contributed by atoms with Crippen LogP contribution in [0.5, 0.6) is 5.75 Å². The molecule has 0 fully saturated rings. The summed E-state index contributed by atoms with van der Waals surface area (Å²) >= 11 is 0. The minimum Gasteiger partial charge on any atom is -0.493 e. The molecule has 0 aromatic heterocycles. The Morgan fingerprint density at radius 3 is 2.76 bits per heavy atom. The number of benzene rings is 2. The second-order valence-corrected chi connectivity index (χ2v) is 5.92. The van der Waals surface area contributed by atoms with Crippen molar-refractivity contribution in [2.24, 2.45) is 5.73 Å². The number of hydrogen-bond acceptors (Lipinski definition) is 2. The van der Waals surface area contributed by atoms with E-state index in [0.29, 0.717) is 0 Å². The highest BCUT2D eigenvalue weighted by molar-refractivity contribution is 5.44. The summed E-state index contributed by atoms with van der Waals surface area (Å²) in [6.07, 6.45) is 4.16. The van der Waals surface area contributed by atoms with Gasteiger partial charge in [0.1, 0.15) is 5.75 Å². The first-order chi connectivity index (χ1) is 10.2. The number of nitrogens with two attached hydrogens (primary N) is 1. The van der Waals surface area contributed by atoms with Crippen molar-refractivity contribution in [3.8, 4) is 5.75 Å². The third-order valence-corrected chi connectivity index (χ3v) is 4.23. The summed E-state index contributed by atoms with van der Waals surface area (Å²) < 4.78 is 5.86. The maximum Gasteiger partial charge on any atom is 0.127 e. The second-order valence-electron chi connectivity index (χ2n) is 5.92. The Morgan fingerprint density at radius 1 is 1.14 bits per heavy atom. The fourth-order valence-electron chi connectivity index (χ4n) is 2.94. The smallest absolute Gasteiger partial charge is 0.127 e. The van der Waals surface area contributed by atoms with E-state index in [-0.39, 0.29) is 6.04 Å². The number of para-hydroxylation sites is 1. The van der Waals surface area contributed by atoms with Gasteiger partial charge in [-0.3, -0.25) is 0 Å². The molecule has 1 heterocycles. The molecule has 2 N–H and O–H groups in total. The number of rotatable bonds is 4. The predicted molar refractivity (Wildman–Crippen MR) is 86.7 cm³/mol. The molecule has 0 spiro atoms.